The van der Waals surface area contributed by atoms with Gasteiger partial charge in [0.2, 0.25) is 0 Å². The lowest BCUT2D eigenvalue weighted by Gasteiger charge is -2.19. The quantitative estimate of drug-likeness (QED) is 0.115. The fourth-order valence-electron chi connectivity index (χ4n) is 9.07. The van der Waals surface area contributed by atoms with E-state index in [0.717, 1.165) is 27.5 Å². The van der Waals surface area contributed by atoms with E-state index in [1.165, 1.54) is 81.0 Å². The summed E-state index contributed by atoms with van der Waals surface area (Å²) in [5.74, 6) is 0.134. The van der Waals surface area contributed by atoms with Crippen molar-refractivity contribution in [1.82, 2.24) is 0 Å². The van der Waals surface area contributed by atoms with Crippen LogP contribution in [0.5, 0.6) is 0 Å². The zero-order chi connectivity index (χ0) is 35.8. The van der Waals surface area contributed by atoms with Crippen molar-refractivity contribution in [3.05, 3.63) is 205 Å². The molecule has 0 N–H and O–H groups in total. The third kappa shape index (κ3) is 4.55. The van der Waals surface area contributed by atoms with Crippen LogP contribution in [0.2, 0.25) is 0 Å². The molecule has 1 aliphatic rings. The minimum atomic E-state index is 0.134. The number of ketones is 1. The summed E-state index contributed by atoms with van der Waals surface area (Å²) in [5, 5.41) is 21.2. The highest BCUT2D eigenvalue weighted by Crippen LogP contribution is 2.41. The maximum Gasteiger partial charge on any atom is 0.194 e. The molecule has 0 aromatic heterocycles. The van der Waals surface area contributed by atoms with Gasteiger partial charge in [0.25, 0.3) is 0 Å². The molecular formula is C53H32O. The van der Waals surface area contributed by atoms with E-state index in [0.29, 0.717) is 0 Å². The van der Waals surface area contributed by atoms with E-state index in [1.54, 1.807) is 0 Å². The summed E-state index contributed by atoms with van der Waals surface area (Å²) in [6.07, 6.45) is 0. The molecule has 0 radical (unpaired) electrons. The molecule has 12 aromatic rings. The summed E-state index contributed by atoms with van der Waals surface area (Å²) in [5.41, 5.74) is 3.84. The largest absolute Gasteiger partial charge is 0.289 e. The van der Waals surface area contributed by atoms with Gasteiger partial charge < -0.3 is 0 Å². The van der Waals surface area contributed by atoms with Crippen LogP contribution in [0.25, 0.3) is 97.3 Å². The summed E-state index contributed by atoms with van der Waals surface area (Å²) in [7, 11) is 0. The van der Waals surface area contributed by atoms with Gasteiger partial charge in [0, 0.05) is 16.5 Å². The second kappa shape index (κ2) is 12.0. The molecule has 0 unspecified atom stereocenters. The van der Waals surface area contributed by atoms with Crippen LogP contribution < -0.4 is 0 Å². The molecule has 12 aromatic carbocycles. The number of carbonyl (C=O) groups is 1. The molecule has 0 aliphatic heterocycles. The van der Waals surface area contributed by atoms with Crippen LogP contribution in [0.1, 0.15) is 15.9 Å². The number of hydrogen-bond acceptors (Lipinski definition) is 1. The number of hydrogen-bond donors (Lipinski definition) is 0. The second-order valence-corrected chi connectivity index (χ2v) is 14.3. The Hall–Kier alpha value is -7.09. The Morgan fingerprint density at radius 3 is 0.926 bits per heavy atom. The molecule has 0 amide bonds. The Labute approximate surface area is 312 Å². The van der Waals surface area contributed by atoms with Gasteiger partial charge in [-0.3, -0.25) is 4.79 Å². The van der Waals surface area contributed by atoms with E-state index in [4.69, 9.17) is 0 Å². The highest BCUT2D eigenvalue weighted by atomic mass is 16.1. The normalized spacial score (nSPS) is 12.1. The maximum atomic E-state index is 12.5. The number of benzene rings is 12. The van der Waals surface area contributed by atoms with Crippen LogP contribution in [0.3, 0.4) is 0 Å². The molecule has 0 atom stereocenters. The minimum Gasteiger partial charge on any atom is -0.289 e. The smallest absolute Gasteiger partial charge is 0.194 e. The topological polar surface area (TPSA) is 17.1 Å². The van der Waals surface area contributed by atoms with E-state index in [1.807, 2.05) is 42.5 Å². The lowest BCUT2D eigenvalue weighted by Crippen LogP contribution is -2.09. The molecule has 0 saturated heterocycles. The van der Waals surface area contributed by atoms with Crippen molar-refractivity contribution in [3.8, 4) is 11.1 Å². The van der Waals surface area contributed by atoms with Gasteiger partial charge in [-0.2, -0.15) is 0 Å². The SMILES string of the molecule is O=C1c2ccccc2-c2cccc3cccc1c23.c1cc2ccc3cccc4ccc(c1)c2c34.c1cc2cccc3c4cccc5cccc(c(c1)c23)c54. The monoisotopic (exact) mass is 684 g/mol. The van der Waals surface area contributed by atoms with Gasteiger partial charge in [0.1, 0.15) is 0 Å². The second-order valence-electron chi connectivity index (χ2n) is 14.3. The molecule has 13 rings (SSSR count). The lowest BCUT2D eigenvalue weighted by atomic mass is 9.83. The fourth-order valence-corrected chi connectivity index (χ4v) is 9.07. The molecule has 54 heavy (non-hydrogen) atoms. The van der Waals surface area contributed by atoms with Gasteiger partial charge >= 0.3 is 0 Å². The van der Waals surface area contributed by atoms with Crippen LogP contribution in [0.4, 0.5) is 0 Å². The Morgan fingerprint density at radius 2 is 0.500 bits per heavy atom. The van der Waals surface area contributed by atoms with Crippen LogP contribution in [0.15, 0.2) is 194 Å². The van der Waals surface area contributed by atoms with E-state index >= 15 is 0 Å². The Bertz CT molecular complexity index is 3100. The van der Waals surface area contributed by atoms with Crippen LogP contribution in [-0.2, 0) is 0 Å². The molecule has 0 bridgehead atoms. The molecule has 0 fully saturated rings. The van der Waals surface area contributed by atoms with Crippen LogP contribution in [-0.4, -0.2) is 5.78 Å². The Morgan fingerprint density at radius 1 is 0.204 bits per heavy atom. The van der Waals surface area contributed by atoms with Crippen molar-refractivity contribution < 1.29 is 4.79 Å². The number of rotatable bonds is 0. The fraction of sp³-hybridized carbons (Fsp3) is 0. The first kappa shape index (κ1) is 30.5. The summed E-state index contributed by atoms with van der Waals surface area (Å²) < 4.78 is 0. The lowest BCUT2D eigenvalue weighted by molar-refractivity contribution is 0.104. The van der Waals surface area contributed by atoms with Gasteiger partial charge in [-0.1, -0.05) is 194 Å². The summed E-state index contributed by atoms with van der Waals surface area (Å²) in [4.78, 5) is 12.5. The Kier molecular flexibility index (Phi) is 6.77. The van der Waals surface area contributed by atoms with Gasteiger partial charge in [-0.05, 0) is 91.9 Å². The Balaban J connectivity index is 0.0000000954. The maximum absolute atomic E-state index is 12.5. The van der Waals surface area contributed by atoms with Gasteiger partial charge in [0.15, 0.2) is 5.78 Å². The molecule has 0 heterocycles. The van der Waals surface area contributed by atoms with Gasteiger partial charge in [-0.15, -0.1) is 0 Å². The highest BCUT2D eigenvalue weighted by molar-refractivity contribution is 6.33. The molecule has 1 aliphatic carbocycles. The molecule has 0 spiro atoms. The van der Waals surface area contributed by atoms with Crippen molar-refractivity contribution >= 4 is 92.0 Å². The average molecular weight is 685 g/mol. The third-order valence-electron chi connectivity index (χ3n) is 11.4. The zero-order valence-electron chi connectivity index (χ0n) is 29.4. The van der Waals surface area contributed by atoms with E-state index in [-0.39, 0.29) is 5.78 Å². The van der Waals surface area contributed by atoms with Crippen molar-refractivity contribution in [2.45, 2.75) is 0 Å². The van der Waals surface area contributed by atoms with Gasteiger partial charge in [-0.25, -0.2) is 0 Å². The summed E-state index contributed by atoms with van der Waals surface area (Å²) in [6, 6.07) is 68.3. The molecular weight excluding hydrogens is 653 g/mol. The van der Waals surface area contributed by atoms with Crippen molar-refractivity contribution in [2.24, 2.45) is 0 Å². The summed E-state index contributed by atoms with van der Waals surface area (Å²) >= 11 is 0. The van der Waals surface area contributed by atoms with E-state index in [9.17, 15) is 4.79 Å². The third-order valence-corrected chi connectivity index (χ3v) is 11.4. The van der Waals surface area contributed by atoms with Crippen molar-refractivity contribution in [1.29, 1.82) is 0 Å². The predicted molar refractivity (Wildman–Crippen MR) is 231 cm³/mol. The average Bonchev–Trinajstić information content (AvgIpc) is 3.24. The first-order valence-corrected chi connectivity index (χ1v) is 18.6. The number of carbonyl (C=O) groups excluding carboxylic acids is 1. The van der Waals surface area contributed by atoms with Crippen molar-refractivity contribution in [2.75, 3.05) is 0 Å². The predicted octanol–water partition coefficient (Wildman–Crippen LogP) is 14.4. The first-order chi connectivity index (χ1) is 26.7. The van der Waals surface area contributed by atoms with Crippen LogP contribution >= 0.6 is 0 Å². The molecule has 0 saturated carbocycles. The standard InChI is InChI=1S/C20H12.C17H10O.C16H10/c1-5-13-6-2-11-17-18-12-4-8-14-7-3-10-16(20(14)18)15(9-1)19(13)17;18-17-14-8-2-1-7-12(14)13-9-3-5-11-6-4-10-15(17)16(11)13;1-3-11-7-9-13-5-2-6-14-10-8-12(4-1)15(11)16(13)14/h1-12H;1-10H;1-10H. The molecule has 1 heteroatoms. The molecule has 1 nitrogen and oxygen atoms in total. The molecule has 250 valence electrons. The zero-order valence-corrected chi connectivity index (χ0v) is 29.4. The summed E-state index contributed by atoms with van der Waals surface area (Å²) in [6.45, 7) is 0. The van der Waals surface area contributed by atoms with E-state index in [2.05, 4.69) is 152 Å². The minimum absolute atomic E-state index is 0.134. The van der Waals surface area contributed by atoms with Crippen LogP contribution in [0, 0.1) is 0 Å². The van der Waals surface area contributed by atoms with E-state index < -0.39 is 0 Å². The van der Waals surface area contributed by atoms with Gasteiger partial charge in [0.05, 0.1) is 0 Å². The first-order valence-electron chi connectivity index (χ1n) is 18.6. The highest BCUT2D eigenvalue weighted by Gasteiger charge is 2.24. The van der Waals surface area contributed by atoms with Crippen molar-refractivity contribution in [3.63, 3.8) is 0 Å². The number of fused-ring (bicyclic) bond motifs is 4.